The molecule has 1 aromatic heterocycles. The molecule has 1 heterocycles. The summed E-state index contributed by atoms with van der Waals surface area (Å²) in [6.07, 6.45) is 4.80. The summed E-state index contributed by atoms with van der Waals surface area (Å²) in [4.78, 5) is 13.8. The van der Waals surface area contributed by atoms with Gasteiger partial charge >= 0.3 is 0 Å². The monoisotopic (exact) mass is 540 g/mol. The van der Waals surface area contributed by atoms with Crippen molar-refractivity contribution in [3.8, 4) is 17.2 Å². The van der Waals surface area contributed by atoms with Crippen molar-refractivity contribution in [1.82, 2.24) is 0 Å². The van der Waals surface area contributed by atoms with E-state index in [1.807, 2.05) is 39.8 Å². The number of methoxy groups -OCH3 is 1. The second-order valence-corrected chi connectivity index (χ2v) is 9.92. The molecule has 2 N–H and O–H groups in total. The van der Waals surface area contributed by atoms with Gasteiger partial charge in [-0.1, -0.05) is 23.3 Å². The fourth-order valence-corrected chi connectivity index (χ4v) is 4.20. The number of phenols is 2. The lowest BCUT2D eigenvalue weighted by atomic mass is 9.96. The SMILES string of the molecule is COCCOCCOCCOc1cc2oc3cc(O)c(C)c(CC=C(C)C)c3c(=O)c2c(O)c1CC=C(C)C. The van der Waals surface area contributed by atoms with E-state index in [4.69, 9.17) is 23.4 Å². The predicted octanol–water partition coefficient (Wildman–Crippen LogP) is 5.74. The number of allylic oxidation sites excluding steroid dienone is 4. The van der Waals surface area contributed by atoms with Crippen LogP contribution in [0.5, 0.6) is 17.2 Å². The Balaban J connectivity index is 2.01. The molecule has 212 valence electrons. The molecule has 0 saturated carbocycles. The Bertz CT molecular complexity index is 1410. The zero-order valence-electron chi connectivity index (χ0n) is 23.8. The van der Waals surface area contributed by atoms with Gasteiger partial charge in [0, 0.05) is 24.8 Å². The van der Waals surface area contributed by atoms with E-state index in [1.165, 1.54) is 6.07 Å². The van der Waals surface area contributed by atoms with Crippen molar-refractivity contribution in [2.45, 2.75) is 47.5 Å². The first kappa shape index (κ1) is 30.2. The van der Waals surface area contributed by atoms with Crippen LogP contribution < -0.4 is 10.2 Å². The molecule has 0 aliphatic rings. The molecule has 8 heteroatoms. The van der Waals surface area contributed by atoms with Gasteiger partial charge in [0.2, 0.25) is 5.43 Å². The van der Waals surface area contributed by atoms with Crippen LogP contribution in [0, 0.1) is 6.92 Å². The van der Waals surface area contributed by atoms with Gasteiger partial charge in [0.1, 0.15) is 40.4 Å². The molecule has 3 aromatic rings. The molecule has 2 aromatic carbocycles. The third-order valence-corrected chi connectivity index (χ3v) is 6.37. The van der Waals surface area contributed by atoms with Crippen molar-refractivity contribution in [3.05, 3.63) is 62.3 Å². The standard InChI is InChI=1S/C31H40O8/c1-19(2)7-9-22-21(5)24(32)17-26-28(22)31(34)29-27(39-26)18-25(23(30(29)33)10-8-20(3)4)38-16-15-37-14-13-36-12-11-35-6/h7-8,17-18,32-33H,9-16H2,1-6H3. The van der Waals surface area contributed by atoms with Gasteiger partial charge in [0.05, 0.1) is 38.4 Å². The number of rotatable bonds is 14. The van der Waals surface area contributed by atoms with E-state index >= 15 is 0 Å². The Morgan fingerprint density at radius 1 is 0.821 bits per heavy atom. The second-order valence-electron chi connectivity index (χ2n) is 9.92. The van der Waals surface area contributed by atoms with E-state index < -0.39 is 0 Å². The van der Waals surface area contributed by atoms with Gasteiger partial charge in [-0.05, 0) is 58.6 Å². The third kappa shape index (κ3) is 7.62. The van der Waals surface area contributed by atoms with Crippen LogP contribution in [0.2, 0.25) is 0 Å². The van der Waals surface area contributed by atoms with E-state index in [0.717, 1.165) is 11.1 Å². The maximum atomic E-state index is 13.8. The summed E-state index contributed by atoms with van der Waals surface area (Å²) >= 11 is 0. The third-order valence-electron chi connectivity index (χ3n) is 6.37. The zero-order chi connectivity index (χ0) is 28.5. The molecule has 0 aliphatic carbocycles. The molecule has 39 heavy (non-hydrogen) atoms. The highest BCUT2D eigenvalue weighted by Crippen LogP contribution is 2.38. The van der Waals surface area contributed by atoms with Crippen molar-refractivity contribution >= 4 is 21.9 Å². The normalized spacial score (nSPS) is 11.2. The Morgan fingerprint density at radius 3 is 2.00 bits per heavy atom. The van der Waals surface area contributed by atoms with Gasteiger partial charge in [0.15, 0.2) is 0 Å². The summed E-state index contributed by atoms with van der Waals surface area (Å²) in [7, 11) is 1.62. The number of benzene rings is 2. The summed E-state index contributed by atoms with van der Waals surface area (Å²) in [6.45, 7) is 12.1. The van der Waals surface area contributed by atoms with E-state index in [2.05, 4.69) is 0 Å². The smallest absolute Gasteiger partial charge is 0.204 e. The Morgan fingerprint density at radius 2 is 1.38 bits per heavy atom. The first-order valence-corrected chi connectivity index (χ1v) is 13.2. The summed E-state index contributed by atoms with van der Waals surface area (Å²) in [5.74, 6) is 0.287. The fourth-order valence-electron chi connectivity index (χ4n) is 4.20. The number of hydrogen-bond acceptors (Lipinski definition) is 8. The van der Waals surface area contributed by atoms with E-state index in [-0.39, 0.29) is 40.1 Å². The summed E-state index contributed by atoms with van der Waals surface area (Å²) in [5.41, 5.74) is 4.04. The Labute approximate surface area is 229 Å². The Hall–Kier alpha value is -3.33. The number of fused-ring (bicyclic) bond motifs is 2. The second kappa shape index (κ2) is 14.2. The molecule has 0 aliphatic heterocycles. The largest absolute Gasteiger partial charge is 0.508 e. The maximum absolute atomic E-state index is 13.8. The van der Waals surface area contributed by atoms with Gasteiger partial charge in [-0.25, -0.2) is 0 Å². The van der Waals surface area contributed by atoms with Gasteiger partial charge < -0.3 is 33.6 Å². The lowest BCUT2D eigenvalue weighted by molar-refractivity contribution is 0.0179. The Kier molecular flexibility index (Phi) is 11.0. The van der Waals surface area contributed by atoms with Gasteiger partial charge in [0.25, 0.3) is 0 Å². The lowest BCUT2D eigenvalue weighted by Gasteiger charge is -2.16. The van der Waals surface area contributed by atoms with Crippen molar-refractivity contribution in [1.29, 1.82) is 0 Å². The highest BCUT2D eigenvalue weighted by molar-refractivity contribution is 5.97. The van der Waals surface area contributed by atoms with Crippen LogP contribution in [-0.4, -0.2) is 57.0 Å². The molecule has 0 bridgehead atoms. The van der Waals surface area contributed by atoms with Gasteiger partial charge in [-0.15, -0.1) is 0 Å². The maximum Gasteiger partial charge on any atom is 0.204 e. The molecule has 3 rings (SSSR count). The first-order valence-electron chi connectivity index (χ1n) is 13.2. The minimum atomic E-state index is -0.342. The van der Waals surface area contributed by atoms with Gasteiger partial charge in [-0.2, -0.15) is 0 Å². The summed E-state index contributed by atoms with van der Waals surface area (Å²) < 4.78 is 28.0. The van der Waals surface area contributed by atoms with Crippen molar-refractivity contribution in [2.24, 2.45) is 0 Å². The van der Waals surface area contributed by atoms with Crippen LogP contribution in [0.3, 0.4) is 0 Å². The van der Waals surface area contributed by atoms with Gasteiger partial charge in [-0.3, -0.25) is 4.79 Å². The van der Waals surface area contributed by atoms with E-state index in [1.54, 1.807) is 20.1 Å². The number of phenolic OH excluding ortho intramolecular Hbond substituents is 2. The van der Waals surface area contributed by atoms with E-state index in [9.17, 15) is 15.0 Å². The van der Waals surface area contributed by atoms with Crippen molar-refractivity contribution in [3.63, 3.8) is 0 Å². The fraction of sp³-hybridized carbons (Fsp3) is 0.452. The first-order chi connectivity index (χ1) is 18.6. The van der Waals surface area contributed by atoms with Crippen LogP contribution >= 0.6 is 0 Å². The molecular formula is C31H40O8. The number of hydrogen-bond donors (Lipinski definition) is 2. The molecule has 0 fully saturated rings. The molecule has 0 radical (unpaired) electrons. The molecule has 0 amide bonds. The van der Waals surface area contributed by atoms with Crippen molar-refractivity contribution in [2.75, 3.05) is 46.8 Å². The van der Waals surface area contributed by atoms with Crippen LogP contribution in [-0.2, 0) is 27.1 Å². The van der Waals surface area contributed by atoms with Crippen molar-refractivity contribution < 1.29 is 33.6 Å². The van der Waals surface area contributed by atoms with Crippen LogP contribution in [0.15, 0.2) is 44.6 Å². The molecule has 0 spiro atoms. The average molecular weight is 541 g/mol. The average Bonchev–Trinajstić information content (AvgIpc) is 2.87. The van der Waals surface area contributed by atoms with Crippen LogP contribution in [0.1, 0.15) is 44.4 Å². The van der Waals surface area contributed by atoms with Crippen LogP contribution in [0.4, 0.5) is 0 Å². The number of ether oxygens (including phenoxy) is 4. The predicted molar refractivity (Wildman–Crippen MR) is 153 cm³/mol. The molecular weight excluding hydrogens is 500 g/mol. The topological polar surface area (TPSA) is 108 Å². The molecule has 0 unspecified atom stereocenters. The lowest BCUT2D eigenvalue weighted by Crippen LogP contribution is -2.13. The quantitative estimate of drug-likeness (QED) is 0.151. The molecule has 0 atom stereocenters. The highest BCUT2D eigenvalue weighted by atomic mass is 16.6. The summed E-state index contributed by atoms with van der Waals surface area (Å²) in [5, 5.41) is 22.4. The molecule has 0 saturated heterocycles. The van der Waals surface area contributed by atoms with E-state index in [0.29, 0.717) is 73.7 Å². The van der Waals surface area contributed by atoms with Crippen LogP contribution in [0.25, 0.3) is 21.9 Å². The minimum absolute atomic E-state index is 0.0476. The highest BCUT2D eigenvalue weighted by Gasteiger charge is 2.22. The number of aromatic hydroxyl groups is 2. The molecule has 8 nitrogen and oxygen atoms in total. The minimum Gasteiger partial charge on any atom is -0.508 e. The summed E-state index contributed by atoms with van der Waals surface area (Å²) in [6, 6.07) is 3.08. The zero-order valence-corrected chi connectivity index (χ0v) is 23.8.